The van der Waals surface area contributed by atoms with Crippen LogP contribution in [0.4, 0.5) is 4.79 Å². The molecular formula is C15H20Cl2N2O2. The van der Waals surface area contributed by atoms with Gasteiger partial charge < -0.3 is 15.3 Å². The quantitative estimate of drug-likeness (QED) is 0.815. The molecule has 1 atom stereocenters. The van der Waals surface area contributed by atoms with Gasteiger partial charge in [0.05, 0.1) is 0 Å². The molecule has 1 fully saturated rings. The van der Waals surface area contributed by atoms with E-state index in [0.29, 0.717) is 23.1 Å². The summed E-state index contributed by atoms with van der Waals surface area (Å²) in [5, 5.41) is 13.3. The number of likely N-dealkylation sites (tertiary alicyclic amines) is 1. The Morgan fingerprint density at radius 2 is 2.24 bits per heavy atom. The number of nitrogens with one attached hydrogen (secondary N) is 1. The molecule has 0 radical (unpaired) electrons. The maximum absolute atomic E-state index is 11.9. The topological polar surface area (TPSA) is 52.6 Å². The van der Waals surface area contributed by atoms with Crippen molar-refractivity contribution in [3.8, 4) is 0 Å². The number of hydrogen-bond acceptors (Lipinski definition) is 2. The lowest BCUT2D eigenvalue weighted by molar-refractivity contribution is 0.198. The van der Waals surface area contributed by atoms with Gasteiger partial charge in [-0.1, -0.05) is 29.3 Å². The van der Waals surface area contributed by atoms with Gasteiger partial charge in [-0.25, -0.2) is 4.79 Å². The monoisotopic (exact) mass is 330 g/mol. The third kappa shape index (κ3) is 4.77. The van der Waals surface area contributed by atoms with E-state index in [1.807, 2.05) is 12.1 Å². The van der Waals surface area contributed by atoms with E-state index >= 15 is 0 Å². The summed E-state index contributed by atoms with van der Waals surface area (Å²) in [6.45, 7) is 2.13. The molecule has 1 aromatic carbocycles. The lowest BCUT2D eigenvalue weighted by atomic mass is 10.1. The average molecular weight is 331 g/mol. The van der Waals surface area contributed by atoms with Gasteiger partial charge in [0.1, 0.15) is 0 Å². The van der Waals surface area contributed by atoms with Crippen LogP contribution in [0.3, 0.4) is 0 Å². The number of urea groups is 1. The van der Waals surface area contributed by atoms with Crippen LogP contribution in [0.25, 0.3) is 0 Å². The number of carbonyl (C=O) groups excluding carboxylic acids is 1. The summed E-state index contributed by atoms with van der Waals surface area (Å²) in [6.07, 6.45) is 2.50. The number of aliphatic hydroxyl groups excluding tert-OH is 1. The number of halogens is 2. The van der Waals surface area contributed by atoms with Crippen LogP contribution in [0.2, 0.25) is 10.0 Å². The SMILES string of the molecule is O=C(NCCCc1ccc(Cl)cc1Cl)N1CCC(CO)C1. The Kier molecular flexibility index (Phi) is 6.15. The Hall–Kier alpha value is -0.970. The number of nitrogens with zero attached hydrogens (tertiary/aromatic N) is 1. The minimum atomic E-state index is -0.0480. The first-order valence-electron chi connectivity index (χ1n) is 7.17. The summed E-state index contributed by atoms with van der Waals surface area (Å²) < 4.78 is 0. The van der Waals surface area contributed by atoms with Crippen LogP contribution in [-0.4, -0.2) is 42.3 Å². The van der Waals surface area contributed by atoms with Crippen molar-refractivity contribution >= 4 is 29.2 Å². The van der Waals surface area contributed by atoms with Crippen LogP contribution in [0.15, 0.2) is 18.2 Å². The van der Waals surface area contributed by atoms with Gasteiger partial charge in [-0.05, 0) is 37.0 Å². The van der Waals surface area contributed by atoms with Crippen molar-refractivity contribution in [1.82, 2.24) is 10.2 Å². The van der Waals surface area contributed by atoms with Crippen molar-refractivity contribution in [2.75, 3.05) is 26.2 Å². The summed E-state index contributed by atoms with van der Waals surface area (Å²) in [4.78, 5) is 13.7. The molecular weight excluding hydrogens is 311 g/mol. The number of aliphatic hydroxyl groups is 1. The molecule has 1 saturated heterocycles. The third-order valence-corrected chi connectivity index (χ3v) is 4.33. The Balaban J connectivity index is 1.69. The molecule has 1 aromatic rings. The minimum absolute atomic E-state index is 0.0480. The maximum atomic E-state index is 11.9. The number of benzene rings is 1. The van der Waals surface area contributed by atoms with E-state index in [1.54, 1.807) is 11.0 Å². The zero-order valence-corrected chi connectivity index (χ0v) is 13.3. The van der Waals surface area contributed by atoms with Gasteiger partial charge in [-0.2, -0.15) is 0 Å². The fourth-order valence-electron chi connectivity index (χ4n) is 2.48. The van der Waals surface area contributed by atoms with Crippen LogP contribution in [0, 0.1) is 5.92 Å². The number of amides is 2. The molecule has 0 bridgehead atoms. The lowest BCUT2D eigenvalue weighted by Gasteiger charge is -2.17. The highest BCUT2D eigenvalue weighted by atomic mass is 35.5. The minimum Gasteiger partial charge on any atom is -0.396 e. The highest BCUT2D eigenvalue weighted by molar-refractivity contribution is 6.35. The van der Waals surface area contributed by atoms with Gasteiger partial charge >= 0.3 is 6.03 Å². The molecule has 2 rings (SSSR count). The Labute approximate surface area is 135 Å². The van der Waals surface area contributed by atoms with Crippen LogP contribution in [-0.2, 0) is 6.42 Å². The van der Waals surface area contributed by atoms with E-state index < -0.39 is 0 Å². The van der Waals surface area contributed by atoms with E-state index in [4.69, 9.17) is 28.3 Å². The summed E-state index contributed by atoms with van der Waals surface area (Å²) in [5.74, 6) is 0.226. The zero-order chi connectivity index (χ0) is 15.2. The number of rotatable bonds is 5. The van der Waals surface area contributed by atoms with Crippen molar-refractivity contribution in [2.45, 2.75) is 19.3 Å². The third-order valence-electron chi connectivity index (χ3n) is 3.75. The molecule has 1 unspecified atom stereocenters. The molecule has 2 amide bonds. The second-order valence-electron chi connectivity index (χ2n) is 5.35. The lowest BCUT2D eigenvalue weighted by Crippen LogP contribution is -2.39. The normalized spacial score (nSPS) is 18.0. The summed E-state index contributed by atoms with van der Waals surface area (Å²) in [7, 11) is 0. The Morgan fingerprint density at radius 3 is 2.90 bits per heavy atom. The molecule has 2 N–H and O–H groups in total. The van der Waals surface area contributed by atoms with Crippen molar-refractivity contribution in [3.63, 3.8) is 0 Å². The Morgan fingerprint density at radius 1 is 1.43 bits per heavy atom. The molecule has 1 aliphatic heterocycles. The van der Waals surface area contributed by atoms with E-state index in [9.17, 15) is 4.79 Å². The predicted molar refractivity (Wildman–Crippen MR) is 84.9 cm³/mol. The highest BCUT2D eigenvalue weighted by Crippen LogP contribution is 2.22. The zero-order valence-electron chi connectivity index (χ0n) is 11.8. The number of hydrogen-bond donors (Lipinski definition) is 2. The fraction of sp³-hybridized carbons (Fsp3) is 0.533. The molecule has 21 heavy (non-hydrogen) atoms. The molecule has 0 spiro atoms. The predicted octanol–water partition coefficient (Wildman–Crippen LogP) is 2.95. The second-order valence-corrected chi connectivity index (χ2v) is 6.20. The highest BCUT2D eigenvalue weighted by Gasteiger charge is 2.25. The molecule has 1 heterocycles. The summed E-state index contributed by atoms with van der Waals surface area (Å²) in [6, 6.07) is 5.42. The summed E-state index contributed by atoms with van der Waals surface area (Å²) >= 11 is 12.0. The number of aryl methyl sites for hydroxylation is 1. The first kappa shape index (κ1) is 16.4. The average Bonchev–Trinajstić information content (AvgIpc) is 2.94. The van der Waals surface area contributed by atoms with Gasteiger partial charge in [0.2, 0.25) is 0 Å². The first-order chi connectivity index (χ1) is 10.1. The van der Waals surface area contributed by atoms with Crippen LogP contribution in [0.5, 0.6) is 0 Å². The van der Waals surface area contributed by atoms with E-state index in [0.717, 1.165) is 31.4 Å². The van der Waals surface area contributed by atoms with Crippen molar-refractivity contribution < 1.29 is 9.90 Å². The molecule has 4 nitrogen and oxygen atoms in total. The second kappa shape index (κ2) is 7.87. The standard InChI is InChI=1S/C15H20Cl2N2O2/c16-13-4-3-12(14(17)8-13)2-1-6-18-15(21)19-7-5-11(9-19)10-20/h3-4,8,11,20H,1-2,5-7,9-10H2,(H,18,21). The van der Waals surface area contributed by atoms with Gasteiger partial charge in [-0.3, -0.25) is 0 Å². The van der Waals surface area contributed by atoms with Crippen LogP contribution < -0.4 is 5.32 Å². The van der Waals surface area contributed by atoms with Crippen LogP contribution >= 0.6 is 23.2 Å². The molecule has 0 aromatic heterocycles. The van der Waals surface area contributed by atoms with E-state index in [-0.39, 0.29) is 18.6 Å². The first-order valence-corrected chi connectivity index (χ1v) is 7.93. The molecule has 6 heteroatoms. The smallest absolute Gasteiger partial charge is 0.317 e. The van der Waals surface area contributed by atoms with Gasteiger partial charge in [0.25, 0.3) is 0 Å². The molecule has 0 aliphatic carbocycles. The van der Waals surface area contributed by atoms with Gasteiger partial charge in [0, 0.05) is 42.2 Å². The van der Waals surface area contributed by atoms with Crippen LogP contribution in [0.1, 0.15) is 18.4 Å². The summed E-state index contributed by atoms with van der Waals surface area (Å²) in [5.41, 5.74) is 1.04. The van der Waals surface area contributed by atoms with E-state index in [1.165, 1.54) is 0 Å². The molecule has 116 valence electrons. The Bertz CT molecular complexity index is 497. The number of carbonyl (C=O) groups is 1. The van der Waals surface area contributed by atoms with E-state index in [2.05, 4.69) is 5.32 Å². The molecule has 0 saturated carbocycles. The van der Waals surface area contributed by atoms with Gasteiger partial charge in [0.15, 0.2) is 0 Å². The van der Waals surface area contributed by atoms with Crippen molar-refractivity contribution in [1.29, 1.82) is 0 Å². The van der Waals surface area contributed by atoms with Crippen molar-refractivity contribution in [2.24, 2.45) is 5.92 Å². The largest absolute Gasteiger partial charge is 0.396 e. The fourth-order valence-corrected chi connectivity index (χ4v) is 2.98. The van der Waals surface area contributed by atoms with Crippen molar-refractivity contribution in [3.05, 3.63) is 33.8 Å². The molecule has 1 aliphatic rings. The maximum Gasteiger partial charge on any atom is 0.317 e. The van der Waals surface area contributed by atoms with Gasteiger partial charge in [-0.15, -0.1) is 0 Å².